The van der Waals surface area contributed by atoms with Gasteiger partial charge in [0.1, 0.15) is 16.3 Å². The maximum atomic E-state index is 13.5. The van der Waals surface area contributed by atoms with E-state index in [1.54, 1.807) is 0 Å². The zero-order chi connectivity index (χ0) is 16.4. The van der Waals surface area contributed by atoms with Gasteiger partial charge in [0.05, 0.1) is 7.11 Å². The summed E-state index contributed by atoms with van der Waals surface area (Å²) in [6.45, 7) is 2.73. The van der Waals surface area contributed by atoms with E-state index >= 15 is 0 Å². The summed E-state index contributed by atoms with van der Waals surface area (Å²) < 4.78 is 70.0. The molecule has 1 aromatic rings. The summed E-state index contributed by atoms with van der Waals surface area (Å²) in [5, 5.41) is 0. The van der Waals surface area contributed by atoms with Crippen molar-refractivity contribution in [2.75, 3.05) is 7.11 Å². The van der Waals surface area contributed by atoms with Crippen LogP contribution in [0.25, 0.3) is 0 Å². The fraction of sp³-hybridized carbons (Fsp3) is 0.417. The van der Waals surface area contributed by atoms with E-state index in [2.05, 4.69) is 4.74 Å². The Labute approximate surface area is 120 Å². The van der Waals surface area contributed by atoms with E-state index < -0.39 is 43.9 Å². The number of carbonyl (C=O) groups is 1. The Morgan fingerprint density at radius 3 is 2.24 bits per heavy atom. The van der Waals surface area contributed by atoms with Crippen molar-refractivity contribution in [2.24, 2.45) is 0 Å². The third-order valence-corrected chi connectivity index (χ3v) is 4.58. The highest BCUT2D eigenvalue weighted by molar-refractivity contribution is 7.89. The second kappa shape index (κ2) is 6.02. The molecule has 9 heteroatoms. The van der Waals surface area contributed by atoms with Gasteiger partial charge in [0, 0.05) is 6.07 Å². The molecule has 0 aromatic heterocycles. The lowest BCUT2D eigenvalue weighted by Gasteiger charge is -2.26. The first-order valence-electron chi connectivity index (χ1n) is 5.84. The van der Waals surface area contributed by atoms with Gasteiger partial charge in [-0.25, -0.2) is 21.6 Å². The van der Waals surface area contributed by atoms with E-state index in [1.807, 2.05) is 4.72 Å². The summed E-state index contributed by atoms with van der Waals surface area (Å²) in [7, 11) is -3.53. The predicted octanol–water partition coefficient (Wildman–Crippen LogP) is 1.72. The molecule has 0 radical (unpaired) electrons. The van der Waals surface area contributed by atoms with Crippen LogP contribution < -0.4 is 4.72 Å². The first kappa shape index (κ1) is 17.4. The van der Waals surface area contributed by atoms with Crippen molar-refractivity contribution in [3.8, 4) is 0 Å². The standard InChI is InChI=1S/C12H14F3NO4S/c1-4-12(2,11(17)20-3)16-21(18,19)10-6-8(14)7(13)5-9(10)15/h5-6,16H,4H2,1-3H3/t12-/m0/s1. The predicted molar refractivity (Wildman–Crippen MR) is 67.3 cm³/mol. The Hall–Kier alpha value is -1.61. The molecule has 118 valence electrons. The molecule has 1 atom stereocenters. The average molecular weight is 325 g/mol. The highest BCUT2D eigenvalue weighted by Gasteiger charge is 2.38. The Bertz CT molecular complexity index is 663. The summed E-state index contributed by atoms with van der Waals surface area (Å²) in [6.07, 6.45) is 0.00417. The molecule has 1 rings (SSSR count). The zero-order valence-electron chi connectivity index (χ0n) is 11.5. The van der Waals surface area contributed by atoms with Crippen LogP contribution in [0.4, 0.5) is 13.2 Å². The van der Waals surface area contributed by atoms with Gasteiger partial charge in [-0.05, 0) is 19.4 Å². The Balaban J connectivity index is 3.30. The lowest BCUT2D eigenvalue weighted by Crippen LogP contribution is -2.52. The number of carbonyl (C=O) groups excluding carboxylic acids is 1. The number of ether oxygens (including phenoxy) is 1. The molecule has 1 N–H and O–H groups in total. The maximum absolute atomic E-state index is 13.5. The van der Waals surface area contributed by atoms with E-state index in [0.29, 0.717) is 0 Å². The Kier molecular flexibility index (Phi) is 5.00. The number of nitrogens with one attached hydrogen (secondary N) is 1. The zero-order valence-corrected chi connectivity index (χ0v) is 12.4. The van der Waals surface area contributed by atoms with Gasteiger partial charge in [-0.1, -0.05) is 6.92 Å². The van der Waals surface area contributed by atoms with Crippen LogP contribution in [0.2, 0.25) is 0 Å². The van der Waals surface area contributed by atoms with Gasteiger partial charge in [-0.2, -0.15) is 4.72 Å². The van der Waals surface area contributed by atoms with Gasteiger partial charge in [0.25, 0.3) is 0 Å². The number of methoxy groups -OCH3 is 1. The van der Waals surface area contributed by atoms with Gasteiger partial charge < -0.3 is 4.74 Å². The minimum atomic E-state index is -4.59. The fourth-order valence-corrected chi connectivity index (χ4v) is 3.05. The normalized spacial score (nSPS) is 14.6. The van der Waals surface area contributed by atoms with Crippen LogP contribution in [0.3, 0.4) is 0 Å². The average Bonchev–Trinajstić information content (AvgIpc) is 2.40. The second-order valence-corrected chi connectivity index (χ2v) is 6.13. The molecule has 0 aliphatic heterocycles. The molecule has 0 heterocycles. The monoisotopic (exact) mass is 325 g/mol. The molecule has 0 saturated carbocycles. The molecular weight excluding hydrogens is 311 g/mol. The quantitative estimate of drug-likeness (QED) is 0.661. The van der Waals surface area contributed by atoms with E-state index in [-0.39, 0.29) is 18.6 Å². The smallest absolute Gasteiger partial charge is 0.326 e. The lowest BCUT2D eigenvalue weighted by molar-refractivity contribution is -0.147. The summed E-state index contributed by atoms with van der Waals surface area (Å²) in [4.78, 5) is 10.5. The van der Waals surface area contributed by atoms with Crippen molar-refractivity contribution in [3.05, 3.63) is 29.6 Å². The van der Waals surface area contributed by atoms with Crippen molar-refractivity contribution in [3.63, 3.8) is 0 Å². The molecule has 0 unspecified atom stereocenters. The fourth-order valence-electron chi connectivity index (χ4n) is 1.55. The minimum Gasteiger partial charge on any atom is -0.468 e. The van der Waals surface area contributed by atoms with E-state index in [0.717, 1.165) is 7.11 Å². The van der Waals surface area contributed by atoms with Gasteiger partial charge in [-0.15, -0.1) is 0 Å². The number of hydrogen-bond donors (Lipinski definition) is 1. The highest BCUT2D eigenvalue weighted by atomic mass is 32.2. The molecule has 0 amide bonds. The molecule has 5 nitrogen and oxygen atoms in total. The third-order valence-electron chi connectivity index (χ3n) is 2.97. The minimum absolute atomic E-state index is 0.00417. The van der Waals surface area contributed by atoms with Gasteiger partial charge in [0.2, 0.25) is 10.0 Å². The lowest BCUT2D eigenvalue weighted by atomic mass is 10.0. The number of esters is 1. The molecule has 0 bridgehead atoms. The first-order valence-corrected chi connectivity index (χ1v) is 7.32. The summed E-state index contributed by atoms with van der Waals surface area (Å²) in [5.41, 5.74) is -1.66. The number of sulfonamides is 1. The van der Waals surface area contributed by atoms with Crippen molar-refractivity contribution in [2.45, 2.75) is 30.7 Å². The molecule has 1 aromatic carbocycles. The second-order valence-electron chi connectivity index (χ2n) is 4.48. The molecule has 0 aliphatic rings. The van der Waals surface area contributed by atoms with Crippen molar-refractivity contribution < 1.29 is 31.1 Å². The van der Waals surface area contributed by atoms with Crippen LogP contribution in [-0.4, -0.2) is 27.0 Å². The summed E-state index contributed by atoms with van der Waals surface area (Å²) in [5.74, 6) is -5.40. The molecule has 0 fully saturated rings. The van der Waals surface area contributed by atoms with Crippen molar-refractivity contribution >= 4 is 16.0 Å². The van der Waals surface area contributed by atoms with Crippen LogP contribution in [0.15, 0.2) is 17.0 Å². The van der Waals surface area contributed by atoms with Crippen LogP contribution in [0.5, 0.6) is 0 Å². The number of hydrogen-bond acceptors (Lipinski definition) is 4. The third kappa shape index (κ3) is 3.53. The van der Waals surface area contributed by atoms with Crippen molar-refractivity contribution in [1.29, 1.82) is 0 Å². The number of rotatable bonds is 5. The van der Waals surface area contributed by atoms with Crippen LogP contribution >= 0.6 is 0 Å². The molecular formula is C12H14F3NO4S. The molecule has 21 heavy (non-hydrogen) atoms. The Morgan fingerprint density at radius 2 is 1.76 bits per heavy atom. The first-order chi connectivity index (χ1) is 9.57. The molecule has 0 saturated heterocycles. The van der Waals surface area contributed by atoms with Crippen molar-refractivity contribution in [1.82, 2.24) is 4.72 Å². The number of halogens is 3. The topological polar surface area (TPSA) is 72.5 Å². The summed E-state index contributed by atoms with van der Waals surface area (Å²) >= 11 is 0. The molecule has 0 aliphatic carbocycles. The Morgan fingerprint density at radius 1 is 1.24 bits per heavy atom. The van der Waals surface area contributed by atoms with Crippen LogP contribution in [-0.2, 0) is 19.6 Å². The highest BCUT2D eigenvalue weighted by Crippen LogP contribution is 2.22. The molecule has 0 spiro atoms. The van der Waals surface area contributed by atoms with Gasteiger partial charge >= 0.3 is 5.97 Å². The van der Waals surface area contributed by atoms with Gasteiger partial charge in [0.15, 0.2) is 11.6 Å². The number of benzene rings is 1. The van der Waals surface area contributed by atoms with Crippen LogP contribution in [0, 0.1) is 17.5 Å². The SMILES string of the molecule is CC[C@](C)(NS(=O)(=O)c1cc(F)c(F)cc1F)C(=O)OC. The largest absolute Gasteiger partial charge is 0.468 e. The van der Waals surface area contributed by atoms with Crippen LogP contribution in [0.1, 0.15) is 20.3 Å². The van der Waals surface area contributed by atoms with E-state index in [1.165, 1.54) is 13.8 Å². The van der Waals surface area contributed by atoms with E-state index in [9.17, 15) is 26.4 Å². The van der Waals surface area contributed by atoms with Gasteiger partial charge in [-0.3, -0.25) is 4.79 Å². The van der Waals surface area contributed by atoms with E-state index in [4.69, 9.17) is 0 Å². The maximum Gasteiger partial charge on any atom is 0.326 e. The summed E-state index contributed by atoms with van der Waals surface area (Å²) in [6, 6.07) is 0.325.